The predicted octanol–water partition coefficient (Wildman–Crippen LogP) is 3.73. The van der Waals surface area contributed by atoms with Gasteiger partial charge in [-0.25, -0.2) is 0 Å². The van der Waals surface area contributed by atoms with Gasteiger partial charge in [0.05, 0.1) is 0 Å². The normalized spacial score (nSPS) is 47.1. The van der Waals surface area contributed by atoms with Crippen molar-refractivity contribution in [2.24, 2.45) is 0 Å². The first kappa shape index (κ1) is 7.37. The second-order valence-electron chi connectivity index (χ2n) is 3.51. The Hall–Kier alpha value is 0.720. The summed E-state index contributed by atoms with van der Waals surface area (Å²) in [5.41, 5.74) is 1.90. The molecule has 2 rings (SSSR count). The molecule has 2 bridgehead atoms. The van der Waals surface area contributed by atoms with Crippen LogP contribution in [-0.2, 0) is 0 Å². The summed E-state index contributed by atoms with van der Waals surface area (Å²) < 4.78 is 0. The van der Waals surface area contributed by atoms with E-state index >= 15 is 0 Å². The van der Waals surface area contributed by atoms with E-state index in [1.807, 2.05) is 0 Å². The van der Waals surface area contributed by atoms with Crippen molar-refractivity contribution in [3.8, 4) is 0 Å². The second-order valence-corrected chi connectivity index (χ2v) is 6.83. The monoisotopic (exact) mass is 176 g/mol. The van der Waals surface area contributed by atoms with Crippen molar-refractivity contribution in [3.05, 3.63) is 0 Å². The summed E-state index contributed by atoms with van der Waals surface area (Å²) in [6, 6.07) is 0. The third kappa shape index (κ3) is 1.21. The Morgan fingerprint density at radius 1 is 0.900 bits per heavy atom. The molecule has 0 nitrogen and oxygen atoms in total. The maximum atomic E-state index is 6.35. The van der Waals surface area contributed by atoms with Crippen LogP contribution in [0.3, 0.4) is 0 Å². The fourth-order valence-electron chi connectivity index (χ4n) is 2.26. The van der Waals surface area contributed by atoms with Crippen LogP contribution in [0.4, 0.5) is 0 Å². The zero-order valence-electron chi connectivity index (χ0n) is 6.22. The van der Waals surface area contributed by atoms with Gasteiger partial charge in [-0.15, -0.1) is 0 Å². The molecule has 0 saturated carbocycles. The highest BCUT2D eigenvalue weighted by Crippen LogP contribution is 2.62. The first-order valence-corrected chi connectivity index (χ1v) is 6.70. The zero-order valence-corrected chi connectivity index (χ0v) is 7.87. The molecule has 2 aliphatic rings. The maximum Gasteiger partial charge on any atom is -0.00339 e. The van der Waals surface area contributed by atoms with E-state index in [1.54, 1.807) is 0 Å². The van der Waals surface area contributed by atoms with Crippen LogP contribution in [0.5, 0.6) is 0 Å². The van der Waals surface area contributed by atoms with Gasteiger partial charge < -0.3 is 0 Å². The van der Waals surface area contributed by atoms with Crippen molar-refractivity contribution in [1.29, 1.82) is 0 Å². The lowest BCUT2D eigenvalue weighted by Gasteiger charge is -2.38. The highest BCUT2D eigenvalue weighted by atomic mass is 35.7. The molecule has 0 unspecified atom stereocenters. The van der Waals surface area contributed by atoms with Gasteiger partial charge in [-0.05, 0) is 44.3 Å². The molecule has 0 aliphatic carbocycles. The van der Waals surface area contributed by atoms with Crippen molar-refractivity contribution in [2.75, 3.05) is 0 Å². The van der Waals surface area contributed by atoms with E-state index in [0.29, 0.717) is 0 Å². The fourth-order valence-corrected chi connectivity index (χ4v) is 5.74. The first-order valence-electron chi connectivity index (χ1n) is 4.32. The molecule has 58 valence electrons. The van der Waals surface area contributed by atoms with Crippen molar-refractivity contribution in [2.45, 2.75) is 49.8 Å². The van der Waals surface area contributed by atoms with E-state index in [0.717, 1.165) is 11.3 Å². The smallest absolute Gasteiger partial charge is 0.00339 e. The van der Waals surface area contributed by atoms with Crippen molar-refractivity contribution < 1.29 is 0 Å². The lowest BCUT2D eigenvalue weighted by atomic mass is 9.99. The van der Waals surface area contributed by atoms with E-state index in [2.05, 4.69) is 0 Å². The van der Waals surface area contributed by atoms with Crippen molar-refractivity contribution in [3.63, 3.8) is 0 Å². The molecule has 2 fully saturated rings. The van der Waals surface area contributed by atoms with Gasteiger partial charge in [0.2, 0.25) is 0 Å². The summed E-state index contributed by atoms with van der Waals surface area (Å²) in [5.74, 6) is 0. The molecule has 0 radical (unpaired) electrons. The van der Waals surface area contributed by atoms with E-state index in [4.69, 9.17) is 11.2 Å². The number of rotatable bonds is 0. The molecule has 0 spiro atoms. The summed E-state index contributed by atoms with van der Waals surface area (Å²) in [7, 11) is -0.0574. The third-order valence-corrected chi connectivity index (χ3v) is 6.93. The van der Waals surface area contributed by atoms with Crippen LogP contribution < -0.4 is 0 Å². The largest absolute Gasteiger partial charge is 0.0958 e. The van der Waals surface area contributed by atoms with Crippen LogP contribution in [0.15, 0.2) is 0 Å². The van der Waals surface area contributed by atoms with Crippen LogP contribution in [0.25, 0.3) is 0 Å². The minimum atomic E-state index is -0.0574. The molecule has 2 aliphatic heterocycles. The van der Waals surface area contributed by atoms with Gasteiger partial charge >= 0.3 is 0 Å². The zero-order chi connectivity index (χ0) is 6.97. The standard InChI is InChI=1S/C8H14ClP/c9-10-7-3-1-4-8(10)6-2-5-7/h7-8H,1-6H2. The van der Waals surface area contributed by atoms with Crippen LogP contribution in [-0.4, -0.2) is 11.3 Å². The molecule has 2 heterocycles. The first-order chi connectivity index (χ1) is 4.88. The van der Waals surface area contributed by atoms with Crippen molar-refractivity contribution >= 4 is 18.5 Å². The predicted molar refractivity (Wildman–Crippen MR) is 48.1 cm³/mol. The lowest BCUT2D eigenvalue weighted by molar-refractivity contribution is 0.481. The average Bonchev–Trinajstić information content (AvgIpc) is 1.86. The number of hydrogen-bond acceptors (Lipinski definition) is 0. The minimum Gasteiger partial charge on any atom is -0.0958 e. The maximum absolute atomic E-state index is 6.35. The minimum absolute atomic E-state index is 0.0574. The number of hydrogen-bond donors (Lipinski definition) is 0. The van der Waals surface area contributed by atoms with Crippen LogP contribution in [0.1, 0.15) is 38.5 Å². The molecule has 2 heteroatoms. The van der Waals surface area contributed by atoms with Gasteiger partial charge in [-0.2, -0.15) is 0 Å². The molecule has 0 atom stereocenters. The molecule has 2 saturated heterocycles. The third-order valence-electron chi connectivity index (χ3n) is 2.85. The Kier molecular flexibility index (Phi) is 2.21. The Morgan fingerprint density at radius 3 is 1.60 bits per heavy atom. The van der Waals surface area contributed by atoms with Crippen molar-refractivity contribution in [1.82, 2.24) is 0 Å². The number of halogens is 1. The number of fused-ring (bicyclic) bond motifs is 2. The summed E-state index contributed by atoms with van der Waals surface area (Å²) in [5, 5.41) is 0. The van der Waals surface area contributed by atoms with Gasteiger partial charge in [0.15, 0.2) is 0 Å². The molecule has 0 N–H and O–H groups in total. The SMILES string of the molecule is ClP1C2CCCC1CCC2. The fraction of sp³-hybridized carbons (Fsp3) is 1.00. The molecule has 0 amide bonds. The molecular formula is C8H14ClP. The Bertz CT molecular complexity index is 104. The summed E-state index contributed by atoms with van der Waals surface area (Å²) in [6.45, 7) is 0. The van der Waals surface area contributed by atoms with Gasteiger partial charge in [0.25, 0.3) is 0 Å². The Balaban J connectivity index is 2.05. The van der Waals surface area contributed by atoms with E-state index in [-0.39, 0.29) is 7.27 Å². The van der Waals surface area contributed by atoms with Gasteiger partial charge in [-0.1, -0.05) is 24.1 Å². The molecule has 0 aromatic rings. The summed E-state index contributed by atoms with van der Waals surface area (Å²) in [6.07, 6.45) is 8.66. The average molecular weight is 177 g/mol. The summed E-state index contributed by atoms with van der Waals surface area (Å²) >= 11 is 6.35. The van der Waals surface area contributed by atoms with E-state index < -0.39 is 0 Å². The highest BCUT2D eigenvalue weighted by Gasteiger charge is 2.34. The molecular weight excluding hydrogens is 163 g/mol. The topological polar surface area (TPSA) is 0 Å². The molecule has 10 heavy (non-hydrogen) atoms. The Morgan fingerprint density at radius 2 is 1.30 bits per heavy atom. The van der Waals surface area contributed by atoms with E-state index in [1.165, 1.54) is 38.5 Å². The van der Waals surface area contributed by atoms with Crippen LogP contribution in [0.2, 0.25) is 0 Å². The lowest BCUT2D eigenvalue weighted by Crippen LogP contribution is -2.23. The van der Waals surface area contributed by atoms with Gasteiger partial charge in [0, 0.05) is 0 Å². The second kappa shape index (κ2) is 2.99. The van der Waals surface area contributed by atoms with Crippen LogP contribution >= 0.6 is 18.5 Å². The van der Waals surface area contributed by atoms with Gasteiger partial charge in [0.1, 0.15) is 0 Å². The quantitative estimate of drug-likeness (QED) is 0.494. The summed E-state index contributed by atoms with van der Waals surface area (Å²) in [4.78, 5) is 0. The van der Waals surface area contributed by atoms with Gasteiger partial charge in [-0.3, -0.25) is 0 Å². The molecule has 0 aromatic heterocycles. The highest BCUT2D eigenvalue weighted by molar-refractivity contribution is 7.85. The van der Waals surface area contributed by atoms with Crippen LogP contribution in [0, 0.1) is 0 Å². The van der Waals surface area contributed by atoms with E-state index in [9.17, 15) is 0 Å². The molecule has 0 aromatic carbocycles. The Labute approximate surface area is 68.9 Å².